The molecule has 2 aromatic heterocycles. The topological polar surface area (TPSA) is 169 Å². The maximum Gasteiger partial charge on any atom is 0.412 e. The van der Waals surface area contributed by atoms with E-state index in [1.54, 1.807) is 60.5 Å². The van der Waals surface area contributed by atoms with Gasteiger partial charge in [0.1, 0.15) is 17.5 Å². The summed E-state index contributed by atoms with van der Waals surface area (Å²) in [6.07, 6.45) is 8.81. The highest BCUT2D eigenvalue weighted by molar-refractivity contribution is 6.07. The van der Waals surface area contributed by atoms with Crippen molar-refractivity contribution in [1.82, 2.24) is 24.8 Å². The Bertz CT molecular complexity index is 1970. The minimum atomic E-state index is -0.656. The van der Waals surface area contributed by atoms with Crippen molar-refractivity contribution in [2.75, 3.05) is 37.8 Å². The Labute approximate surface area is 334 Å². The van der Waals surface area contributed by atoms with Crippen molar-refractivity contribution in [3.8, 4) is 0 Å². The fraction of sp³-hybridized carbons (Fsp3) is 0.465. The molecule has 1 aliphatic rings. The molecule has 57 heavy (non-hydrogen) atoms. The second-order valence-electron chi connectivity index (χ2n) is 14.0. The number of alkyl carbamates (subject to hydrolysis) is 1. The number of esters is 1. The number of amides is 3. The number of carbonyl (C=O) groups excluding carboxylic acids is 4. The summed E-state index contributed by atoms with van der Waals surface area (Å²) in [5.74, 6) is 0.260. The lowest BCUT2D eigenvalue weighted by Gasteiger charge is -2.35. The monoisotopic (exact) mass is 781 g/mol. The average molecular weight is 782 g/mol. The normalized spacial score (nSPS) is 13.5. The lowest BCUT2D eigenvalue weighted by molar-refractivity contribution is -0.142. The maximum atomic E-state index is 14.0. The number of hydrogen-bond donors (Lipinski definition) is 2. The van der Waals surface area contributed by atoms with Gasteiger partial charge in [0.05, 0.1) is 43.3 Å². The van der Waals surface area contributed by atoms with Crippen molar-refractivity contribution in [3.05, 3.63) is 89.4 Å². The second-order valence-corrected chi connectivity index (χ2v) is 14.0. The molecule has 1 atom stereocenters. The molecular formula is C43H55N7O7. The van der Waals surface area contributed by atoms with Crippen LogP contribution in [0.3, 0.4) is 0 Å². The Morgan fingerprint density at radius 1 is 0.842 bits per heavy atom. The van der Waals surface area contributed by atoms with E-state index >= 15 is 0 Å². The van der Waals surface area contributed by atoms with Crippen LogP contribution < -0.4 is 10.2 Å². The van der Waals surface area contributed by atoms with Crippen LogP contribution in [-0.2, 0) is 32.0 Å². The van der Waals surface area contributed by atoms with Gasteiger partial charge in [-0.3, -0.25) is 30.1 Å². The third kappa shape index (κ3) is 11.6. The molecule has 2 N–H and O–H groups in total. The van der Waals surface area contributed by atoms with E-state index in [2.05, 4.69) is 28.7 Å². The number of nitrogens with zero attached hydrogens (tertiary/aromatic N) is 5. The zero-order valence-corrected chi connectivity index (χ0v) is 33.3. The van der Waals surface area contributed by atoms with E-state index in [1.807, 2.05) is 18.2 Å². The van der Waals surface area contributed by atoms with Crippen molar-refractivity contribution in [3.63, 3.8) is 0 Å². The number of fused-ring (bicyclic) bond motifs is 3. The molecule has 0 bridgehead atoms. The largest absolute Gasteiger partial charge is 0.466 e. The standard InChI is InChI=1S/C43H55N7O7/c1-4-7-9-13-27-56-42(53)47-39(44)32-18-16-31(17-19-32)29-36-40-46-34-30-33(41(52)50(24-22-38(51)55-6-3)37-15-11-12-23-45-37)20-21-35(34)48(40)25-26-49(36)43(54)57-28-14-10-8-5-2/h11-12,15-21,23,30,36H,4-10,13-14,22,24-29H2,1-3H3,(H2,44,47,53). The predicted octanol–water partition coefficient (Wildman–Crippen LogP) is 7.98. The first kappa shape index (κ1) is 42.4. The summed E-state index contributed by atoms with van der Waals surface area (Å²) in [5, 5.41) is 10.9. The van der Waals surface area contributed by atoms with Gasteiger partial charge >= 0.3 is 18.2 Å². The van der Waals surface area contributed by atoms with Crippen LogP contribution in [0.2, 0.25) is 0 Å². The summed E-state index contributed by atoms with van der Waals surface area (Å²) in [7, 11) is 0. The molecule has 0 radical (unpaired) electrons. The first-order chi connectivity index (χ1) is 27.7. The fourth-order valence-corrected chi connectivity index (χ4v) is 6.83. The van der Waals surface area contributed by atoms with Gasteiger partial charge in [-0.2, -0.15) is 0 Å². The Kier molecular flexibility index (Phi) is 16.0. The maximum absolute atomic E-state index is 14.0. The Morgan fingerprint density at radius 3 is 2.25 bits per heavy atom. The number of rotatable bonds is 19. The molecular weight excluding hydrogens is 727 g/mol. The lowest BCUT2D eigenvalue weighted by atomic mass is 10.0. The second kappa shape index (κ2) is 21.5. The summed E-state index contributed by atoms with van der Waals surface area (Å²) in [4.78, 5) is 64.7. The highest BCUT2D eigenvalue weighted by Gasteiger charge is 2.35. The molecule has 0 aliphatic carbocycles. The van der Waals surface area contributed by atoms with E-state index < -0.39 is 24.2 Å². The number of anilines is 1. The predicted molar refractivity (Wildman–Crippen MR) is 217 cm³/mol. The zero-order chi connectivity index (χ0) is 40.6. The van der Waals surface area contributed by atoms with Crippen molar-refractivity contribution in [1.29, 1.82) is 5.41 Å². The summed E-state index contributed by atoms with van der Waals surface area (Å²) in [6.45, 7) is 7.83. The van der Waals surface area contributed by atoms with Crippen molar-refractivity contribution < 1.29 is 33.4 Å². The molecule has 14 nitrogen and oxygen atoms in total. The minimum Gasteiger partial charge on any atom is -0.466 e. The van der Waals surface area contributed by atoms with Crippen molar-refractivity contribution in [2.45, 2.75) is 97.6 Å². The molecule has 5 rings (SSSR count). The first-order valence-electron chi connectivity index (χ1n) is 20.2. The van der Waals surface area contributed by atoms with E-state index in [9.17, 15) is 19.2 Å². The number of unbranched alkanes of at least 4 members (excludes halogenated alkanes) is 6. The van der Waals surface area contributed by atoms with Gasteiger partial charge in [0.2, 0.25) is 0 Å². The number of pyridine rings is 1. The van der Waals surface area contributed by atoms with Crippen LogP contribution in [0.15, 0.2) is 66.9 Å². The molecule has 14 heteroatoms. The van der Waals surface area contributed by atoms with E-state index in [1.165, 1.54) is 4.90 Å². The highest BCUT2D eigenvalue weighted by atomic mass is 16.6. The number of nitrogens with one attached hydrogen (secondary N) is 2. The fourth-order valence-electron chi connectivity index (χ4n) is 6.83. The average Bonchev–Trinajstić information content (AvgIpc) is 3.60. The van der Waals surface area contributed by atoms with Crippen LogP contribution in [-0.4, -0.2) is 82.2 Å². The highest BCUT2D eigenvalue weighted by Crippen LogP contribution is 2.33. The number of amidine groups is 1. The van der Waals surface area contributed by atoms with Gasteiger partial charge in [0.15, 0.2) is 0 Å². The molecule has 1 aliphatic heterocycles. The third-order valence-corrected chi connectivity index (χ3v) is 9.87. The third-order valence-electron chi connectivity index (χ3n) is 9.87. The number of hydrogen-bond acceptors (Lipinski definition) is 10. The molecule has 1 unspecified atom stereocenters. The zero-order valence-electron chi connectivity index (χ0n) is 33.3. The van der Waals surface area contributed by atoms with Gasteiger partial charge in [0.25, 0.3) is 5.91 Å². The van der Waals surface area contributed by atoms with Gasteiger partial charge in [0, 0.05) is 43.4 Å². The van der Waals surface area contributed by atoms with E-state index in [4.69, 9.17) is 24.6 Å². The van der Waals surface area contributed by atoms with E-state index in [0.717, 1.165) is 62.4 Å². The van der Waals surface area contributed by atoms with E-state index in [-0.39, 0.29) is 31.3 Å². The number of carbonyl (C=O) groups is 4. The van der Waals surface area contributed by atoms with Crippen LogP contribution in [0.5, 0.6) is 0 Å². The Balaban J connectivity index is 1.38. The van der Waals surface area contributed by atoms with Crippen LogP contribution in [0.25, 0.3) is 11.0 Å². The van der Waals surface area contributed by atoms with Crippen LogP contribution >= 0.6 is 0 Å². The molecule has 0 fully saturated rings. The molecule has 304 valence electrons. The SMILES string of the molecule is CCCCCCOC(=O)NC(=N)c1ccc(CC2c3nc4cc(C(=O)N(CCC(=O)OCC)c5ccccn5)ccc4n3CCN2C(=O)OCCCCCC)cc1. The first-order valence-corrected chi connectivity index (χ1v) is 20.2. The minimum absolute atomic E-state index is 0.00769. The lowest BCUT2D eigenvalue weighted by Crippen LogP contribution is -2.43. The van der Waals surface area contributed by atoms with Crippen molar-refractivity contribution >= 4 is 46.7 Å². The number of ether oxygens (including phenoxy) is 3. The van der Waals surface area contributed by atoms with Gasteiger partial charge in [-0.25, -0.2) is 19.6 Å². The molecule has 0 saturated heterocycles. The molecule has 3 heterocycles. The summed E-state index contributed by atoms with van der Waals surface area (Å²) >= 11 is 0. The molecule has 0 spiro atoms. The van der Waals surface area contributed by atoms with Gasteiger partial charge < -0.3 is 18.8 Å². The summed E-state index contributed by atoms with van der Waals surface area (Å²) in [5.41, 5.74) is 3.19. The Morgan fingerprint density at radius 2 is 1.56 bits per heavy atom. The summed E-state index contributed by atoms with van der Waals surface area (Å²) in [6, 6.07) is 17.4. The van der Waals surface area contributed by atoms with Crippen LogP contribution in [0.4, 0.5) is 15.4 Å². The molecule has 3 amide bonds. The van der Waals surface area contributed by atoms with Crippen LogP contribution in [0, 0.1) is 5.41 Å². The molecule has 2 aromatic carbocycles. The van der Waals surface area contributed by atoms with Gasteiger partial charge in [-0.05, 0) is 55.7 Å². The van der Waals surface area contributed by atoms with Crippen molar-refractivity contribution in [2.24, 2.45) is 0 Å². The Hall–Kier alpha value is -5.79. The number of aromatic nitrogens is 3. The smallest absolute Gasteiger partial charge is 0.412 e. The molecule has 4 aromatic rings. The molecule has 0 saturated carbocycles. The number of imidazole rings is 1. The van der Waals surface area contributed by atoms with Crippen LogP contribution in [0.1, 0.15) is 112 Å². The number of benzene rings is 2. The quantitative estimate of drug-likeness (QED) is 0.0315. The van der Waals surface area contributed by atoms with Gasteiger partial charge in [-0.15, -0.1) is 0 Å². The van der Waals surface area contributed by atoms with Gasteiger partial charge in [-0.1, -0.05) is 82.7 Å². The van der Waals surface area contributed by atoms with E-state index in [0.29, 0.717) is 61.0 Å². The summed E-state index contributed by atoms with van der Waals surface area (Å²) < 4.78 is 18.2.